The van der Waals surface area contributed by atoms with Crippen LogP contribution in [0.15, 0.2) is 39.2 Å². The lowest BCUT2D eigenvalue weighted by Crippen LogP contribution is -2.45. The number of hydrogen-bond acceptors (Lipinski definition) is 4. The average molecular weight is 420 g/mol. The molecule has 8 heteroatoms. The van der Waals surface area contributed by atoms with Crippen LogP contribution in [0, 0.1) is 19.8 Å². The fourth-order valence-corrected chi connectivity index (χ4v) is 3.43. The van der Waals surface area contributed by atoms with Gasteiger partial charge in [-0.15, -0.1) is 0 Å². The molecule has 1 aliphatic rings. The highest BCUT2D eigenvalue weighted by molar-refractivity contribution is 9.10. The minimum atomic E-state index is -0.540. The Hall–Kier alpha value is -2.61. The van der Waals surface area contributed by atoms with Gasteiger partial charge in [0.2, 0.25) is 11.8 Å². The quantitative estimate of drug-likeness (QED) is 0.747. The summed E-state index contributed by atoms with van der Waals surface area (Å²) in [5.74, 6) is -0.444. The van der Waals surface area contributed by atoms with Crippen molar-refractivity contribution in [2.45, 2.75) is 20.3 Å². The maximum Gasteiger partial charge on any atom is 0.273 e. The Balaban J connectivity index is 1.61. The summed E-state index contributed by atoms with van der Waals surface area (Å²) in [6.45, 7) is 3.67. The van der Waals surface area contributed by atoms with Crippen molar-refractivity contribution in [2.24, 2.45) is 5.92 Å². The Labute approximate surface area is 158 Å². The third-order valence-electron chi connectivity index (χ3n) is 4.22. The molecule has 26 heavy (non-hydrogen) atoms. The van der Waals surface area contributed by atoms with E-state index in [0.717, 1.165) is 10.2 Å². The first kappa shape index (κ1) is 18.2. The fraction of sp³-hybridized carbons (Fsp3) is 0.278. The van der Waals surface area contributed by atoms with Gasteiger partial charge in [-0.1, -0.05) is 12.1 Å². The van der Waals surface area contributed by atoms with Crippen molar-refractivity contribution in [1.82, 2.24) is 10.9 Å². The monoisotopic (exact) mass is 419 g/mol. The van der Waals surface area contributed by atoms with Gasteiger partial charge in [0.25, 0.3) is 5.91 Å². The van der Waals surface area contributed by atoms with Crippen LogP contribution < -0.4 is 15.8 Å². The van der Waals surface area contributed by atoms with Crippen LogP contribution in [0.5, 0.6) is 0 Å². The Morgan fingerprint density at radius 3 is 2.62 bits per heavy atom. The number of carbonyl (C=O) groups excluding carboxylic acids is 3. The smallest absolute Gasteiger partial charge is 0.273 e. The molecule has 1 unspecified atom stereocenters. The van der Waals surface area contributed by atoms with Crippen molar-refractivity contribution in [3.05, 3.63) is 51.9 Å². The van der Waals surface area contributed by atoms with Crippen LogP contribution in [0.4, 0.5) is 5.69 Å². The topological polar surface area (TPSA) is 91.7 Å². The number of rotatable bonds is 3. The molecule has 1 aromatic carbocycles. The predicted octanol–water partition coefficient (Wildman–Crippen LogP) is 2.47. The molecule has 7 nitrogen and oxygen atoms in total. The number of nitrogens with one attached hydrogen (secondary N) is 2. The van der Waals surface area contributed by atoms with E-state index in [9.17, 15) is 14.4 Å². The van der Waals surface area contributed by atoms with Crippen LogP contribution >= 0.6 is 15.9 Å². The first-order chi connectivity index (χ1) is 12.4. The summed E-state index contributed by atoms with van der Waals surface area (Å²) in [7, 11) is 0. The van der Waals surface area contributed by atoms with E-state index < -0.39 is 17.7 Å². The van der Waals surface area contributed by atoms with Crippen LogP contribution in [0.3, 0.4) is 0 Å². The van der Waals surface area contributed by atoms with E-state index in [-0.39, 0.29) is 18.9 Å². The number of benzene rings is 1. The molecule has 0 aliphatic carbocycles. The van der Waals surface area contributed by atoms with Crippen LogP contribution in [-0.2, 0) is 9.59 Å². The number of para-hydroxylation sites is 1. The maximum absolute atomic E-state index is 12.3. The molecule has 136 valence electrons. The summed E-state index contributed by atoms with van der Waals surface area (Å²) >= 11 is 3.41. The number of furan rings is 1. The highest BCUT2D eigenvalue weighted by Gasteiger charge is 2.36. The van der Waals surface area contributed by atoms with Gasteiger partial charge in [-0.25, -0.2) is 0 Å². The van der Waals surface area contributed by atoms with Crippen molar-refractivity contribution in [2.75, 3.05) is 11.4 Å². The molecule has 1 aromatic heterocycles. The third-order valence-corrected chi connectivity index (χ3v) is 4.89. The second-order valence-electron chi connectivity index (χ2n) is 6.13. The Bertz CT molecular complexity index is 877. The van der Waals surface area contributed by atoms with E-state index in [4.69, 9.17) is 4.42 Å². The molecule has 2 heterocycles. The van der Waals surface area contributed by atoms with Crippen molar-refractivity contribution >= 4 is 39.3 Å². The summed E-state index contributed by atoms with van der Waals surface area (Å²) in [5.41, 5.74) is 5.85. The number of hydrazine groups is 1. The van der Waals surface area contributed by atoms with Crippen LogP contribution in [0.1, 0.15) is 28.3 Å². The van der Waals surface area contributed by atoms with Gasteiger partial charge in [0.15, 0.2) is 0 Å². The van der Waals surface area contributed by atoms with Crippen molar-refractivity contribution in [3.63, 3.8) is 0 Å². The molecule has 1 atom stereocenters. The number of amides is 3. The van der Waals surface area contributed by atoms with E-state index >= 15 is 0 Å². The summed E-state index contributed by atoms with van der Waals surface area (Å²) in [4.78, 5) is 38.3. The Morgan fingerprint density at radius 1 is 1.23 bits per heavy atom. The first-order valence-electron chi connectivity index (χ1n) is 8.09. The second-order valence-corrected chi connectivity index (χ2v) is 6.98. The van der Waals surface area contributed by atoms with Crippen molar-refractivity contribution in [1.29, 1.82) is 0 Å². The predicted molar refractivity (Wildman–Crippen MR) is 98.4 cm³/mol. The van der Waals surface area contributed by atoms with Gasteiger partial charge < -0.3 is 9.32 Å². The maximum atomic E-state index is 12.3. The number of halogens is 1. The molecule has 1 fully saturated rings. The third kappa shape index (κ3) is 3.65. The average Bonchev–Trinajstić information content (AvgIpc) is 3.15. The van der Waals surface area contributed by atoms with Gasteiger partial charge >= 0.3 is 0 Å². The van der Waals surface area contributed by atoms with E-state index in [1.54, 1.807) is 24.8 Å². The molecule has 3 rings (SSSR count). The molecule has 2 N–H and O–H groups in total. The number of aryl methyl sites for hydroxylation is 2. The zero-order valence-corrected chi connectivity index (χ0v) is 15.9. The summed E-state index contributed by atoms with van der Waals surface area (Å²) in [6.07, 6.45) is 0.0902. The van der Waals surface area contributed by atoms with Gasteiger partial charge in [-0.3, -0.25) is 25.2 Å². The lowest BCUT2D eigenvalue weighted by atomic mass is 10.1. The first-order valence-corrected chi connectivity index (χ1v) is 8.88. The van der Waals surface area contributed by atoms with Gasteiger partial charge in [0.1, 0.15) is 11.5 Å². The highest BCUT2D eigenvalue weighted by Crippen LogP contribution is 2.31. The molecule has 1 saturated heterocycles. The fourth-order valence-electron chi connectivity index (χ4n) is 2.93. The van der Waals surface area contributed by atoms with Crippen molar-refractivity contribution < 1.29 is 18.8 Å². The highest BCUT2D eigenvalue weighted by atomic mass is 79.9. The summed E-state index contributed by atoms with van der Waals surface area (Å²) < 4.78 is 6.09. The Kier molecular flexibility index (Phi) is 5.13. The van der Waals surface area contributed by atoms with E-state index in [1.165, 1.54) is 0 Å². The minimum Gasteiger partial charge on any atom is -0.466 e. The van der Waals surface area contributed by atoms with Gasteiger partial charge in [-0.2, -0.15) is 0 Å². The molecule has 1 aliphatic heterocycles. The van der Waals surface area contributed by atoms with Gasteiger partial charge in [-0.05, 0) is 48.0 Å². The van der Waals surface area contributed by atoms with Gasteiger partial charge in [0, 0.05) is 17.4 Å². The Morgan fingerprint density at radius 2 is 1.96 bits per heavy atom. The van der Waals surface area contributed by atoms with E-state index in [2.05, 4.69) is 26.8 Å². The molecule has 2 aromatic rings. The molecule has 3 amide bonds. The molecular weight excluding hydrogens is 402 g/mol. The largest absolute Gasteiger partial charge is 0.466 e. The van der Waals surface area contributed by atoms with E-state index in [0.29, 0.717) is 17.1 Å². The van der Waals surface area contributed by atoms with Crippen LogP contribution in [0.25, 0.3) is 0 Å². The lowest BCUT2D eigenvalue weighted by Gasteiger charge is -2.18. The van der Waals surface area contributed by atoms with E-state index in [1.807, 2.05) is 24.3 Å². The molecule has 0 radical (unpaired) electrons. The zero-order chi connectivity index (χ0) is 18.8. The molecule has 0 saturated carbocycles. The summed E-state index contributed by atoms with van der Waals surface area (Å²) in [5, 5.41) is 0. The summed E-state index contributed by atoms with van der Waals surface area (Å²) in [6, 6.07) is 8.94. The number of carbonyl (C=O) groups is 3. The lowest BCUT2D eigenvalue weighted by molar-refractivity contribution is -0.126. The van der Waals surface area contributed by atoms with Crippen molar-refractivity contribution in [3.8, 4) is 0 Å². The SMILES string of the molecule is Cc1cc(C(=O)NNC(=O)C2CC(=O)N(c3ccccc3Br)C2)c(C)o1. The minimum absolute atomic E-state index is 0.0902. The van der Waals surface area contributed by atoms with Crippen LogP contribution in [-0.4, -0.2) is 24.3 Å². The van der Waals surface area contributed by atoms with Crippen LogP contribution in [0.2, 0.25) is 0 Å². The number of hydrogen-bond donors (Lipinski definition) is 2. The van der Waals surface area contributed by atoms with Gasteiger partial charge in [0.05, 0.1) is 17.2 Å². The molecule has 0 bridgehead atoms. The second kappa shape index (κ2) is 7.33. The normalized spacial score (nSPS) is 16.7. The molecular formula is C18H18BrN3O4. The number of nitrogens with zero attached hydrogens (tertiary/aromatic N) is 1. The molecule has 0 spiro atoms. The zero-order valence-electron chi connectivity index (χ0n) is 14.3. The standard InChI is InChI=1S/C18H18BrN3O4/c1-10-7-13(11(2)26-10)18(25)21-20-17(24)12-8-16(23)22(9-12)15-6-4-3-5-14(15)19/h3-7,12H,8-9H2,1-2H3,(H,20,24)(H,21,25). The number of anilines is 1.